The van der Waals surface area contributed by atoms with Crippen LogP contribution >= 0.6 is 35.2 Å². The molecular weight excluding hydrogens is 440 g/mol. The Morgan fingerprint density at radius 3 is 2.70 bits per heavy atom. The van der Waals surface area contributed by atoms with Crippen LogP contribution in [0.3, 0.4) is 0 Å². The number of para-hydroxylation sites is 1. The molecule has 30 heavy (non-hydrogen) atoms. The zero-order valence-electron chi connectivity index (χ0n) is 15.7. The van der Waals surface area contributed by atoms with E-state index in [9.17, 15) is 4.79 Å². The van der Waals surface area contributed by atoms with Crippen molar-refractivity contribution in [2.45, 2.75) is 6.92 Å². The maximum Gasteiger partial charge on any atom is 0.250 e. The quantitative estimate of drug-likeness (QED) is 0.352. The van der Waals surface area contributed by atoms with E-state index in [1.54, 1.807) is 22.7 Å². The Bertz CT molecular complexity index is 1260. The zero-order valence-corrected chi connectivity index (χ0v) is 18.1. The summed E-state index contributed by atoms with van der Waals surface area (Å²) in [7, 11) is 0. The molecule has 0 saturated carbocycles. The van der Waals surface area contributed by atoms with Gasteiger partial charge in [-0.3, -0.25) is 10.1 Å². The lowest BCUT2D eigenvalue weighted by molar-refractivity contribution is -0.115. The van der Waals surface area contributed by atoms with Crippen LogP contribution in [-0.4, -0.2) is 30.8 Å². The normalized spacial score (nSPS) is 11.1. The van der Waals surface area contributed by atoms with Crippen molar-refractivity contribution in [3.63, 3.8) is 0 Å². The van der Waals surface area contributed by atoms with Crippen LogP contribution in [-0.2, 0) is 4.79 Å². The minimum Gasteiger partial charge on any atom is -0.332 e. The number of rotatable bonds is 4. The third-order valence-electron chi connectivity index (χ3n) is 4.09. The molecule has 0 aliphatic carbocycles. The molecule has 4 rings (SSSR count). The van der Waals surface area contributed by atoms with Crippen molar-refractivity contribution in [2.75, 3.05) is 5.32 Å². The second-order valence-corrected chi connectivity index (χ2v) is 8.02. The summed E-state index contributed by atoms with van der Waals surface area (Å²) in [5.74, 6) is 0.377. The maximum absolute atomic E-state index is 12.2. The number of carbonyl (C=O) groups excluding carboxylic acids is 1. The Morgan fingerprint density at radius 1 is 1.17 bits per heavy atom. The van der Waals surface area contributed by atoms with Gasteiger partial charge in [0.05, 0.1) is 5.69 Å². The Balaban J connectivity index is 1.45. The van der Waals surface area contributed by atoms with Gasteiger partial charge in [-0.15, -0.1) is 10.2 Å². The smallest absolute Gasteiger partial charge is 0.250 e. The first kappa shape index (κ1) is 20.1. The monoisotopic (exact) mass is 454 g/mol. The van der Waals surface area contributed by atoms with Gasteiger partial charge < -0.3 is 5.32 Å². The van der Waals surface area contributed by atoms with Gasteiger partial charge in [-0.25, -0.2) is 0 Å². The molecule has 4 aromatic rings. The maximum atomic E-state index is 12.2. The summed E-state index contributed by atoms with van der Waals surface area (Å²) < 4.78 is 1.69. The van der Waals surface area contributed by atoms with Crippen LogP contribution in [0.1, 0.15) is 11.4 Å². The van der Waals surface area contributed by atoms with Gasteiger partial charge in [-0.2, -0.15) is 9.61 Å². The minimum atomic E-state index is -0.339. The van der Waals surface area contributed by atoms with Crippen molar-refractivity contribution in [1.82, 2.24) is 25.1 Å². The van der Waals surface area contributed by atoms with Crippen molar-refractivity contribution >= 4 is 62.9 Å². The number of thiocarbonyl (C=S) groups is 1. The fourth-order valence-corrected chi connectivity index (χ4v) is 3.92. The van der Waals surface area contributed by atoms with Gasteiger partial charge in [0.15, 0.2) is 10.9 Å². The predicted molar refractivity (Wildman–Crippen MR) is 124 cm³/mol. The molecule has 2 aromatic heterocycles. The Hall–Kier alpha value is -3.14. The van der Waals surface area contributed by atoms with E-state index >= 15 is 0 Å². The summed E-state index contributed by atoms with van der Waals surface area (Å²) in [6.07, 6.45) is 3.10. The van der Waals surface area contributed by atoms with Gasteiger partial charge in [0.1, 0.15) is 5.01 Å². The van der Waals surface area contributed by atoms with E-state index in [0.717, 1.165) is 21.8 Å². The van der Waals surface area contributed by atoms with Crippen LogP contribution in [0.2, 0.25) is 5.02 Å². The Morgan fingerprint density at radius 2 is 1.93 bits per heavy atom. The number of nitrogens with zero attached hydrogens (tertiary/aromatic N) is 4. The average Bonchev–Trinajstić information content (AvgIpc) is 3.30. The highest BCUT2D eigenvalue weighted by atomic mass is 35.5. The number of nitrogens with one attached hydrogen (secondary N) is 2. The number of hydrogen-bond acceptors (Lipinski definition) is 6. The topological polar surface area (TPSA) is 84.2 Å². The fraction of sp³-hybridized carbons (Fsp3) is 0.0500. The third kappa shape index (κ3) is 4.54. The van der Waals surface area contributed by atoms with Crippen LogP contribution in [0.25, 0.3) is 21.6 Å². The van der Waals surface area contributed by atoms with Gasteiger partial charge in [0.25, 0.3) is 0 Å². The number of amides is 1. The number of benzene rings is 2. The number of anilines is 1. The molecule has 150 valence electrons. The number of fused-ring (bicyclic) bond motifs is 1. The van der Waals surface area contributed by atoms with Crippen LogP contribution in [0, 0.1) is 6.92 Å². The molecule has 7 nitrogen and oxygen atoms in total. The largest absolute Gasteiger partial charge is 0.332 e. The van der Waals surface area contributed by atoms with Crippen molar-refractivity contribution in [3.8, 4) is 10.6 Å². The molecule has 0 atom stereocenters. The second kappa shape index (κ2) is 8.70. The highest BCUT2D eigenvalue weighted by molar-refractivity contribution is 7.80. The number of carbonyl (C=O) groups is 1. The van der Waals surface area contributed by atoms with E-state index in [4.69, 9.17) is 23.8 Å². The lowest BCUT2D eigenvalue weighted by Gasteiger charge is -2.11. The highest BCUT2D eigenvalue weighted by Crippen LogP contribution is 2.31. The summed E-state index contributed by atoms with van der Waals surface area (Å²) in [6, 6.07) is 14.7. The molecule has 0 bridgehead atoms. The lowest BCUT2D eigenvalue weighted by Crippen LogP contribution is -2.32. The molecule has 0 saturated heterocycles. The molecule has 1 amide bonds. The SMILES string of the molecule is Cc1nnc2sc(-c3ccccc3NC(=S)NC(=O)/C=C/c3ccc(Cl)cc3)nn12. The van der Waals surface area contributed by atoms with Crippen LogP contribution in [0.15, 0.2) is 54.6 Å². The number of hydrogen-bond donors (Lipinski definition) is 2. The minimum absolute atomic E-state index is 0.187. The number of aromatic nitrogens is 4. The van der Waals surface area contributed by atoms with Gasteiger partial charge in [0, 0.05) is 16.7 Å². The highest BCUT2D eigenvalue weighted by Gasteiger charge is 2.14. The van der Waals surface area contributed by atoms with Gasteiger partial charge >= 0.3 is 0 Å². The first-order chi connectivity index (χ1) is 14.5. The number of halogens is 1. The zero-order chi connectivity index (χ0) is 21.1. The van der Waals surface area contributed by atoms with Crippen molar-refractivity contribution in [1.29, 1.82) is 0 Å². The first-order valence-electron chi connectivity index (χ1n) is 8.83. The standard InChI is InChI=1S/C20H15ClN6OS2/c1-12-24-25-20-27(12)26-18(30-20)15-4-2-3-5-16(15)22-19(29)23-17(28)11-8-13-6-9-14(21)10-7-13/h2-11H,1H3,(H2,22,23,28,29)/b11-8+. The summed E-state index contributed by atoms with van der Waals surface area (Å²) in [6.45, 7) is 1.84. The van der Waals surface area contributed by atoms with Crippen LogP contribution < -0.4 is 10.6 Å². The van der Waals surface area contributed by atoms with Crippen LogP contribution in [0.5, 0.6) is 0 Å². The summed E-state index contributed by atoms with van der Waals surface area (Å²) in [5.41, 5.74) is 2.44. The summed E-state index contributed by atoms with van der Waals surface area (Å²) in [4.78, 5) is 12.9. The van der Waals surface area contributed by atoms with Crippen LogP contribution in [0.4, 0.5) is 5.69 Å². The van der Waals surface area contributed by atoms with Gasteiger partial charge in [-0.1, -0.05) is 47.2 Å². The molecule has 0 aliphatic rings. The fourth-order valence-electron chi connectivity index (χ4n) is 2.66. The van der Waals surface area contributed by atoms with Gasteiger partial charge in [-0.05, 0) is 55.0 Å². The van der Waals surface area contributed by atoms with Crippen molar-refractivity contribution in [3.05, 3.63) is 71.0 Å². The third-order valence-corrected chi connectivity index (χ3v) is 5.47. The van der Waals surface area contributed by atoms with Crippen molar-refractivity contribution < 1.29 is 4.79 Å². The molecular formula is C20H15ClN6OS2. The predicted octanol–water partition coefficient (Wildman–Crippen LogP) is 4.34. The molecule has 0 aliphatic heterocycles. The van der Waals surface area contributed by atoms with E-state index in [2.05, 4.69) is 25.9 Å². The Kier molecular flexibility index (Phi) is 5.84. The molecule has 0 fully saturated rings. The summed E-state index contributed by atoms with van der Waals surface area (Å²) >= 11 is 12.6. The molecule has 0 unspecified atom stereocenters. The Labute approximate surface area is 186 Å². The van der Waals surface area contributed by atoms with E-state index in [1.165, 1.54) is 17.4 Å². The lowest BCUT2D eigenvalue weighted by atomic mass is 10.2. The molecule has 0 radical (unpaired) electrons. The first-order valence-corrected chi connectivity index (χ1v) is 10.4. The second-order valence-electron chi connectivity index (χ2n) is 6.22. The molecule has 2 N–H and O–H groups in total. The average molecular weight is 455 g/mol. The molecule has 10 heteroatoms. The van der Waals surface area contributed by atoms with Gasteiger partial charge in [0.2, 0.25) is 10.9 Å². The summed E-state index contributed by atoms with van der Waals surface area (Å²) in [5, 5.41) is 20.0. The van der Waals surface area contributed by atoms with E-state index in [0.29, 0.717) is 15.8 Å². The van der Waals surface area contributed by atoms with E-state index < -0.39 is 0 Å². The molecule has 0 spiro atoms. The number of aryl methyl sites for hydroxylation is 1. The van der Waals surface area contributed by atoms with Crippen molar-refractivity contribution in [2.24, 2.45) is 0 Å². The van der Waals surface area contributed by atoms with E-state index in [-0.39, 0.29) is 11.0 Å². The molecule has 2 aromatic carbocycles. The van der Waals surface area contributed by atoms with E-state index in [1.807, 2.05) is 43.3 Å². The molecule has 2 heterocycles.